The molecule has 9 nitrogen and oxygen atoms in total. The van der Waals surface area contributed by atoms with E-state index in [-0.39, 0.29) is 38.2 Å². The molecule has 0 aliphatic rings. The highest BCUT2D eigenvalue weighted by Gasteiger charge is 2.25. The van der Waals surface area contributed by atoms with Gasteiger partial charge in [0.2, 0.25) is 0 Å². The fourth-order valence-electron chi connectivity index (χ4n) is 13.5. The summed E-state index contributed by atoms with van der Waals surface area (Å²) in [5, 5.41) is 9.78. The van der Waals surface area contributed by atoms with Crippen molar-refractivity contribution in [2.24, 2.45) is 0 Å². The highest BCUT2D eigenvalue weighted by molar-refractivity contribution is 5.71. The molecule has 0 amide bonds. The van der Waals surface area contributed by atoms with Crippen LogP contribution in [0.3, 0.4) is 0 Å². The second-order valence-electron chi connectivity index (χ2n) is 30.9. The highest BCUT2D eigenvalue weighted by atomic mass is 16.7. The predicted molar refractivity (Wildman–Crippen MR) is 411 cm³/mol. The van der Waals surface area contributed by atoms with Crippen molar-refractivity contribution in [3.8, 4) is 0 Å². The topological polar surface area (TPSA) is 108 Å². The number of carbonyl (C=O) groups excluding carboxylic acids is 2. The van der Waals surface area contributed by atoms with Crippen molar-refractivity contribution < 1.29 is 42.9 Å². The number of hydrogen-bond donors (Lipinski definition) is 1. The van der Waals surface area contributed by atoms with Crippen LogP contribution in [0.4, 0.5) is 0 Å². The van der Waals surface area contributed by atoms with E-state index in [2.05, 4.69) is 26.0 Å². The third-order valence-electron chi connectivity index (χ3n) is 20.0. The number of allylic oxidation sites excluding steroid dienone is 2. The molecule has 0 aromatic carbocycles. The molecule has 564 valence electrons. The zero-order valence-corrected chi connectivity index (χ0v) is 64.9. The van der Waals surface area contributed by atoms with Gasteiger partial charge >= 0.3 is 17.9 Å². The van der Waals surface area contributed by atoms with Crippen molar-refractivity contribution in [3.63, 3.8) is 0 Å². The lowest BCUT2D eigenvalue weighted by molar-refractivity contribution is -0.870. The van der Waals surface area contributed by atoms with E-state index in [1.165, 1.54) is 398 Å². The van der Waals surface area contributed by atoms with E-state index in [9.17, 15) is 19.5 Å². The average Bonchev–Trinajstić information content (AvgIpc) is 3.24. The maximum atomic E-state index is 13.0. The Hall–Kier alpha value is -1.97. The van der Waals surface area contributed by atoms with Crippen LogP contribution in [0.5, 0.6) is 0 Å². The number of carboxylic acids is 1. The van der Waals surface area contributed by atoms with Gasteiger partial charge in [0.25, 0.3) is 6.29 Å². The van der Waals surface area contributed by atoms with Gasteiger partial charge < -0.3 is 28.5 Å². The van der Waals surface area contributed by atoms with Crippen molar-refractivity contribution >= 4 is 17.9 Å². The summed E-state index contributed by atoms with van der Waals surface area (Å²) >= 11 is 0. The molecule has 0 radical (unpaired) electrons. The normalized spacial score (nSPS) is 12.6. The number of nitrogens with zero attached hydrogens (tertiary/aromatic N) is 1. The first-order chi connectivity index (χ1) is 46.6. The molecule has 9 heteroatoms. The van der Waals surface area contributed by atoms with Crippen LogP contribution in [-0.4, -0.2) is 87.4 Å². The second-order valence-corrected chi connectivity index (χ2v) is 30.9. The summed E-state index contributed by atoms with van der Waals surface area (Å²) in [5.74, 6) is -1.96. The van der Waals surface area contributed by atoms with Gasteiger partial charge in [-0.3, -0.25) is 9.59 Å². The van der Waals surface area contributed by atoms with Crippen LogP contribution < -0.4 is 0 Å². The Bertz CT molecular complexity index is 1560. The van der Waals surface area contributed by atoms with E-state index in [1.807, 2.05) is 21.1 Å². The lowest BCUT2D eigenvalue weighted by Crippen LogP contribution is -2.40. The van der Waals surface area contributed by atoms with Crippen LogP contribution in [0, 0.1) is 0 Å². The molecule has 0 heterocycles. The van der Waals surface area contributed by atoms with Gasteiger partial charge in [-0.1, -0.05) is 424 Å². The van der Waals surface area contributed by atoms with Gasteiger partial charge in [0.05, 0.1) is 34.4 Å². The molecule has 0 aromatic rings. The summed E-state index contributed by atoms with van der Waals surface area (Å²) in [7, 11) is 6.01. The fourth-order valence-corrected chi connectivity index (χ4v) is 13.5. The molecule has 0 aliphatic carbocycles. The Balaban J connectivity index is 3.90. The van der Waals surface area contributed by atoms with Crippen LogP contribution in [0.2, 0.25) is 0 Å². The molecule has 1 N–H and O–H groups in total. The quantitative estimate of drug-likeness (QED) is 0.0211. The lowest BCUT2D eigenvalue weighted by atomic mass is 10.0. The Morgan fingerprint density at radius 3 is 0.779 bits per heavy atom. The molecule has 0 saturated heterocycles. The zero-order valence-electron chi connectivity index (χ0n) is 64.9. The maximum Gasteiger partial charge on any atom is 0.361 e. The molecule has 0 rings (SSSR count). The number of esters is 2. The van der Waals surface area contributed by atoms with Crippen LogP contribution in [0.1, 0.15) is 463 Å². The summed E-state index contributed by atoms with van der Waals surface area (Å²) < 4.78 is 23.1. The van der Waals surface area contributed by atoms with Crippen LogP contribution >= 0.6 is 0 Å². The summed E-state index contributed by atoms with van der Waals surface area (Å²) in [5.41, 5.74) is 0. The SMILES string of the molecule is CCCCCCCCCC/C=C\CCCCCCCCCCCCCCCCCCCCCC(=O)OC(COC(=O)CCCCCCCCCCCCCCCCCCCCCCCCCCCCCCCCCCCCCCCCC)COC(OCC[N+](C)(C)C)C(=O)O. The number of aliphatic carboxylic acids is 1. The molecule has 0 aromatic heterocycles. The molecule has 2 unspecified atom stereocenters. The number of hydrogen-bond acceptors (Lipinski definition) is 7. The van der Waals surface area contributed by atoms with E-state index in [0.29, 0.717) is 17.4 Å². The lowest BCUT2D eigenvalue weighted by Gasteiger charge is -2.25. The van der Waals surface area contributed by atoms with Crippen molar-refractivity contribution in [1.29, 1.82) is 0 Å². The number of unbranched alkanes of at least 4 members (excludes halogenated alkanes) is 65. The van der Waals surface area contributed by atoms with Crippen molar-refractivity contribution in [3.05, 3.63) is 12.2 Å². The maximum absolute atomic E-state index is 13.0. The van der Waals surface area contributed by atoms with E-state index < -0.39 is 18.4 Å². The van der Waals surface area contributed by atoms with Gasteiger partial charge in [-0.05, 0) is 38.5 Å². The standard InChI is InChI=1S/C86H167NO8/c1-6-8-10-12-14-16-18-20-22-24-26-28-30-32-34-36-38-39-40-41-42-43-44-45-47-48-50-52-54-56-58-60-62-64-66-68-70-72-74-76-83(88)93-80-82(81-94-86(85(90)91)92-79-78-87(3,4)5)95-84(89)77-75-73-71-69-67-65-63-61-59-57-55-53-51-49-46-37-35-33-31-29-27-25-23-21-19-17-15-13-11-9-7-2/h25,27,82,86H,6-24,26,28-81H2,1-5H3/p+1/b27-25-. The Morgan fingerprint density at radius 1 is 0.305 bits per heavy atom. The van der Waals surface area contributed by atoms with Gasteiger partial charge in [-0.25, -0.2) is 4.79 Å². The predicted octanol–water partition coefficient (Wildman–Crippen LogP) is 27.5. The van der Waals surface area contributed by atoms with Crippen LogP contribution in [0.15, 0.2) is 12.2 Å². The molecule has 0 saturated carbocycles. The Labute approximate surface area is 593 Å². The first-order valence-corrected chi connectivity index (χ1v) is 42.9. The molecule has 0 bridgehead atoms. The van der Waals surface area contributed by atoms with Crippen molar-refractivity contribution in [2.45, 2.75) is 476 Å². The summed E-state index contributed by atoms with van der Waals surface area (Å²) in [6, 6.07) is 0. The van der Waals surface area contributed by atoms with Crippen LogP contribution in [-0.2, 0) is 33.3 Å². The Morgan fingerprint density at radius 2 is 0.537 bits per heavy atom. The van der Waals surface area contributed by atoms with E-state index in [4.69, 9.17) is 18.9 Å². The number of carbonyl (C=O) groups is 3. The van der Waals surface area contributed by atoms with E-state index >= 15 is 0 Å². The fraction of sp³-hybridized carbons (Fsp3) is 0.942. The average molecular weight is 1340 g/mol. The number of rotatable bonds is 82. The third-order valence-corrected chi connectivity index (χ3v) is 20.0. The first-order valence-electron chi connectivity index (χ1n) is 42.9. The van der Waals surface area contributed by atoms with E-state index in [0.717, 1.165) is 38.5 Å². The smallest absolute Gasteiger partial charge is 0.361 e. The molecule has 0 fully saturated rings. The van der Waals surface area contributed by atoms with E-state index in [1.54, 1.807) is 0 Å². The van der Waals surface area contributed by atoms with Gasteiger partial charge in [-0.15, -0.1) is 0 Å². The molecule has 95 heavy (non-hydrogen) atoms. The van der Waals surface area contributed by atoms with Crippen LogP contribution in [0.25, 0.3) is 0 Å². The first kappa shape index (κ1) is 93.0. The number of ether oxygens (including phenoxy) is 4. The van der Waals surface area contributed by atoms with Gasteiger partial charge in [-0.2, -0.15) is 0 Å². The number of carboxylic acid groups (broad SMARTS) is 1. The largest absolute Gasteiger partial charge is 0.477 e. The zero-order chi connectivity index (χ0) is 69.0. The van der Waals surface area contributed by atoms with Crippen molar-refractivity contribution in [1.82, 2.24) is 0 Å². The molecule has 0 spiro atoms. The summed E-state index contributed by atoms with van der Waals surface area (Å²) in [6.45, 7) is 4.98. The van der Waals surface area contributed by atoms with Crippen molar-refractivity contribution in [2.75, 3.05) is 47.5 Å². The minimum atomic E-state index is -1.51. The molecule has 2 atom stereocenters. The minimum Gasteiger partial charge on any atom is -0.477 e. The third kappa shape index (κ3) is 79.2. The highest BCUT2D eigenvalue weighted by Crippen LogP contribution is 2.21. The number of quaternary nitrogens is 1. The van der Waals surface area contributed by atoms with Gasteiger partial charge in [0, 0.05) is 12.8 Å². The van der Waals surface area contributed by atoms with Gasteiger partial charge in [0.15, 0.2) is 6.10 Å². The van der Waals surface area contributed by atoms with Gasteiger partial charge in [0.1, 0.15) is 13.2 Å². The molecular formula is C86H168NO8+. The molecular weight excluding hydrogens is 1170 g/mol. The molecule has 0 aliphatic heterocycles. The minimum absolute atomic E-state index is 0.173. The monoisotopic (exact) mass is 1340 g/mol. The Kier molecular flexibility index (Phi) is 76.1. The second kappa shape index (κ2) is 77.8. The number of likely N-dealkylation sites (N-methyl/N-ethyl adjacent to an activating group) is 1. The summed E-state index contributed by atoms with van der Waals surface area (Å²) in [6.07, 6.45) is 95.5. The summed E-state index contributed by atoms with van der Waals surface area (Å²) in [4.78, 5) is 37.8.